The summed E-state index contributed by atoms with van der Waals surface area (Å²) >= 11 is 0. The van der Waals surface area contributed by atoms with Crippen molar-refractivity contribution in [2.24, 2.45) is 5.41 Å². The van der Waals surface area contributed by atoms with Crippen molar-refractivity contribution in [3.63, 3.8) is 0 Å². The van der Waals surface area contributed by atoms with E-state index in [0.29, 0.717) is 11.3 Å². The van der Waals surface area contributed by atoms with Crippen LogP contribution in [0.25, 0.3) is 0 Å². The first-order valence-corrected chi connectivity index (χ1v) is 7.07. The molecule has 0 aliphatic rings. The Kier molecular flexibility index (Phi) is 4.41. The van der Waals surface area contributed by atoms with E-state index in [9.17, 15) is 4.79 Å². The smallest absolute Gasteiger partial charge is 0.345 e. The molecular weight excluding hydrogens is 262 g/mol. The predicted octanol–water partition coefficient (Wildman–Crippen LogP) is 4.20. The molecule has 1 heterocycles. The summed E-state index contributed by atoms with van der Waals surface area (Å²) < 4.78 is 5.32. The van der Waals surface area contributed by atoms with Crippen LogP contribution in [-0.4, -0.2) is 11.0 Å². The number of aromatic nitrogens is 1. The van der Waals surface area contributed by atoms with E-state index in [4.69, 9.17) is 4.74 Å². The minimum absolute atomic E-state index is 0.178. The average Bonchev–Trinajstić information content (AvgIpc) is 2.40. The summed E-state index contributed by atoms with van der Waals surface area (Å²) in [5.41, 5.74) is 2.75. The minimum Gasteiger partial charge on any atom is -0.423 e. The number of hydrogen-bond acceptors (Lipinski definition) is 3. The highest BCUT2D eigenvalue weighted by molar-refractivity contribution is 5.90. The van der Waals surface area contributed by atoms with Crippen LogP contribution in [0.5, 0.6) is 5.75 Å². The molecule has 0 saturated carbocycles. The second-order valence-corrected chi connectivity index (χ2v) is 6.48. The van der Waals surface area contributed by atoms with Crippen LogP contribution in [0.4, 0.5) is 0 Å². The van der Waals surface area contributed by atoms with Gasteiger partial charge in [0.25, 0.3) is 0 Å². The molecule has 110 valence electrons. The van der Waals surface area contributed by atoms with Crippen molar-refractivity contribution >= 4 is 5.97 Å². The number of aryl methyl sites for hydroxylation is 1. The van der Waals surface area contributed by atoms with E-state index in [1.807, 2.05) is 25.1 Å². The van der Waals surface area contributed by atoms with Crippen LogP contribution in [0.1, 0.15) is 42.4 Å². The Morgan fingerprint density at radius 2 is 1.76 bits per heavy atom. The Bertz CT molecular complexity index is 607. The van der Waals surface area contributed by atoms with E-state index in [-0.39, 0.29) is 11.4 Å². The van der Waals surface area contributed by atoms with E-state index < -0.39 is 0 Å². The maximum Gasteiger partial charge on any atom is 0.345 e. The maximum atomic E-state index is 12.0. The second-order valence-electron chi connectivity index (χ2n) is 6.48. The first kappa shape index (κ1) is 15.2. The van der Waals surface area contributed by atoms with Crippen molar-refractivity contribution in [1.29, 1.82) is 0 Å². The number of benzene rings is 1. The van der Waals surface area contributed by atoms with Gasteiger partial charge in [-0.25, -0.2) is 4.79 Å². The summed E-state index contributed by atoms with van der Waals surface area (Å²) in [6.45, 7) is 8.47. The number of esters is 1. The quantitative estimate of drug-likeness (QED) is 0.626. The van der Waals surface area contributed by atoms with Crippen LogP contribution in [0.2, 0.25) is 0 Å². The molecule has 0 amide bonds. The Morgan fingerprint density at radius 3 is 2.29 bits per heavy atom. The van der Waals surface area contributed by atoms with E-state index in [1.165, 1.54) is 0 Å². The molecule has 0 atom stereocenters. The molecular formula is C18H21NO2. The molecule has 0 radical (unpaired) electrons. The van der Waals surface area contributed by atoms with Gasteiger partial charge in [-0.05, 0) is 43.0 Å². The first-order valence-electron chi connectivity index (χ1n) is 7.07. The number of hydrogen-bond donors (Lipinski definition) is 0. The summed E-state index contributed by atoms with van der Waals surface area (Å²) in [6.07, 6.45) is 2.46. The zero-order valence-corrected chi connectivity index (χ0v) is 13.0. The zero-order chi connectivity index (χ0) is 15.5. The van der Waals surface area contributed by atoms with Gasteiger partial charge in [0.2, 0.25) is 0 Å². The molecule has 1 aromatic carbocycles. The molecule has 0 fully saturated rings. The van der Waals surface area contributed by atoms with Crippen molar-refractivity contribution in [2.75, 3.05) is 0 Å². The monoisotopic (exact) mass is 283 g/mol. The number of ether oxygens (including phenoxy) is 1. The van der Waals surface area contributed by atoms with Crippen LogP contribution in [-0.2, 0) is 6.42 Å². The third-order valence-corrected chi connectivity index (χ3v) is 3.00. The zero-order valence-electron chi connectivity index (χ0n) is 13.0. The molecule has 21 heavy (non-hydrogen) atoms. The highest BCUT2D eigenvalue weighted by Crippen LogP contribution is 2.19. The van der Waals surface area contributed by atoms with Crippen molar-refractivity contribution in [3.05, 3.63) is 59.4 Å². The normalized spacial score (nSPS) is 11.2. The SMILES string of the molecule is Cc1ccc(OC(=O)c2ccc(CC(C)(C)C)nc2)cc1. The van der Waals surface area contributed by atoms with Gasteiger partial charge in [-0.3, -0.25) is 4.98 Å². The number of carbonyl (C=O) groups is 1. The van der Waals surface area contributed by atoms with Gasteiger partial charge in [-0.2, -0.15) is 0 Å². The van der Waals surface area contributed by atoms with E-state index in [2.05, 4.69) is 25.8 Å². The Labute approximate surface area is 126 Å². The minimum atomic E-state index is -0.381. The Morgan fingerprint density at radius 1 is 1.10 bits per heavy atom. The Hall–Kier alpha value is -2.16. The topological polar surface area (TPSA) is 39.2 Å². The van der Waals surface area contributed by atoms with Crippen molar-refractivity contribution < 1.29 is 9.53 Å². The van der Waals surface area contributed by atoms with Crippen LogP contribution >= 0.6 is 0 Å². The Balaban J connectivity index is 2.04. The number of nitrogens with zero attached hydrogens (tertiary/aromatic N) is 1. The number of carbonyl (C=O) groups excluding carboxylic acids is 1. The van der Waals surface area contributed by atoms with Crippen LogP contribution in [0.3, 0.4) is 0 Å². The molecule has 0 aliphatic heterocycles. The molecule has 1 aromatic heterocycles. The number of pyridine rings is 1. The molecule has 2 rings (SSSR count). The van der Waals surface area contributed by atoms with Crippen LogP contribution in [0.15, 0.2) is 42.6 Å². The fraction of sp³-hybridized carbons (Fsp3) is 0.333. The van der Waals surface area contributed by atoms with Gasteiger partial charge in [0, 0.05) is 11.9 Å². The molecule has 0 saturated heterocycles. The molecule has 0 aliphatic carbocycles. The fourth-order valence-corrected chi connectivity index (χ4v) is 1.97. The fourth-order valence-electron chi connectivity index (χ4n) is 1.97. The summed E-state index contributed by atoms with van der Waals surface area (Å²) in [6, 6.07) is 11.0. The van der Waals surface area contributed by atoms with Gasteiger partial charge in [-0.15, -0.1) is 0 Å². The van der Waals surface area contributed by atoms with Crippen molar-refractivity contribution in [3.8, 4) is 5.75 Å². The van der Waals surface area contributed by atoms with Crippen molar-refractivity contribution in [1.82, 2.24) is 4.98 Å². The molecule has 0 bridgehead atoms. The first-order chi connectivity index (χ1) is 9.83. The third kappa shape index (κ3) is 4.71. The molecule has 3 heteroatoms. The molecule has 0 spiro atoms. The van der Waals surface area contributed by atoms with E-state index in [0.717, 1.165) is 17.7 Å². The lowest BCUT2D eigenvalue weighted by Crippen LogP contribution is -2.12. The standard InChI is InChI=1S/C18H21NO2/c1-13-5-9-16(10-6-13)21-17(20)14-7-8-15(19-12-14)11-18(2,3)4/h5-10,12H,11H2,1-4H3. The average molecular weight is 283 g/mol. The highest BCUT2D eigenvalue weighted by Gasteiger charge is 2.14. The molecule has 0 N–H and O–H groups in total. The summed E-state index contributed by atoms with van der Waals surface area (Å²) in [5.74, 6) is 0.165. The second kappa shape index (κ2) is 6.08. The maximum absolute atomic E-state index is 12.0. The van der Waals surface area contributed by atoms with Gasteiger partial charge in [-0.1, -0.05) is 38.5 Å². The summed E-state index contributed by atoms with van der Waals surface area (Å²) in [7, 11) is 0. The lowest BCUT2D eigenvalue weighted by molar-refractivity contribution is 0.0734. The molecule has 0 unspecified atom stereocenters. The largest absolute Gasteiger partial charge is 0.423 e. The van der Waals surface area contributed by atoms with Crippen LogP contribution in [0, 0.1) is 12.3 Å². The van der Waals surface area contributed by atoms with Gasteiger partial charge in [0.1, 0.15) is 5.75 Å². The third-order valence-electron chi connectivity index (χ3n) is 3.00. The summed E-state index contributed by atoms with van der Waals surface area (Å²) in [4.78, 5) is 16.4. The molecule has 2 aromatic rings. The van der Waals surface area contributed by atoms with Crippen LogP contribution < -0.4 is 4.74 Å². The van der Waals surface area contributed by atoms with E-state index >= 15 is 0 Å². The van der Waals surface area contributed by atoms with E-state index in [1.54, 1.807) is 24.4 Å². The van der Waals surface area contributed by atoms with Gasteiger partial charge in [0.15, 0.2) is 0 Å². The van der Waals surface area contributed by atoms with Crippen molar-refractivity contribution in [2.45, 2.75) is 34.1 Å². The molecule has 3 nitrogen and oxygen atoms in total. The predicted molar refractivity (Wildman–Crippen MR) is 83.5 cm³/mol. The van der Waals surface area contributed by atoms with Gasteiger partial charge >= 0.3 is 5.97 Å². The van der Waals surface area contributed by atoms with Gasteiger partial charge in [0.05, 0.1) is 5.56 Å². The lowest BCUT2D eigenvalue weighted by Gasteiger charge is -2.17. The number of rotatable bonds is 3. The summed E-state index contributed by atoms with van der Waals surface area (Å²) in [5, 5.41) is 0. The van der Waals surface area contributed by atoms with Gasteiger partial charge < -0.3 is 4.74 Å². The lowest BCUT2D eigenvalue weighted by atomic mass is 9.90. The highest BCUT2D eigenvalue weighted by atomic mass is 16.5.